The quantitative estimate of drug-likeness (QED) is 0.498. The van der Waals surface area contributed by atoms with Crippen LogP contribution in [0.5, 0.6) is 11.5 Å². The first-order valence-electron chi connectivity index (χ1n) is 9.35. The van der Waals surface area contributed by atoms with Crippen molar-refractivity contribution in [2.24, 2.45) is 5.10 Å². The molecule has 0 spiro atoms. The summed E-state index contributed by atoms with van der Waals surface area (Å²) in [4.78, 5) is 0. The molecule has 0 aliphatic carbocycles. The largest absolute Gasteiger partial charge is 0.497 e. The van der Waals surface area contributed by atoms with Crippen molar-refractivity contribution in [1.82, 2.24) is 5.01 Å². The van der Waals surface area contributed by atoms with E-state index in [0.29, 0.717) is 15.8 Å². The number of hydrogen-bond donors (Lipinski definition) is 0. The summed E-state index contributed by atoms with van der Waals surface area (Å²) in [7, 11) is 1.66. The first kappa shape index (κ1) is 18.3. The standard InChI is InChI=1S/C23H18Cl2N2O2/c1-28-17-9-7-14(8-10-17)20-13-21-18-11-16(24)12-19(25)22(18)29-23(27(21)26-20)15-5-3-2-4-6-15/h2-12,21,23H,13H2,1H3. The van der Waals surface area contributed by atoms with Crippen molar-refractivity contribution in [3.63, 3.8) is 0 Å². The van der Waals surface area contributed by atoms with Gasteiger partial charge in [-0.3, -0.25) is 0 Å². The van der Waals surface area contributed by atoms with Gasteiger partial charge >= 0.3 is 0 Å². The normalized spacial score (nSPS) is 19.8. The van der Waals surface area contributed by atoms with E-state index in [1.807, 2.05) is 65.7 Å². The lowest BCUT2D eigenvalue weighted by Gasteiger charge is -2.38. The molecule has 0 saturated heterocycles. The molecule has 0 bridgehead atoms. The van der Waals surface area contributed by atoms with E-state index in [1.165, 1.54) is 0 Å². The highest BCUT2D eigenvalue weighted by molar-refractivity contribution is 6.35. The molecule has 0 amide bonds. The van der Waals surface area contributed by atoms with Crippen LogP contribution in [0.15, 0.2) is 71.8 Å². The minimum Gasteiger partial charge on any atom is -0.497 e. The number of rotatable bonds is 3. The summed E-state index contributed by atoms with van der Waals surface area (Å²) in [6.07, 6.45) is 0.381. The van der Waals surface area contributed by atoms with Crippen LogP contribution in [-0.2, 0) is 0 Å². The number of hydrogen-bond acceptors (Lipinski definition) is 4. The number of hydrazone groups is 1. The first-order valence-corrected chi connectivity index (χ1v) is 10.1. The van der Waals surface area contributed by atoms with Gasteiger partial charge in [-0.1, -0.05) is 53.5 Å². The van der Waals surface area contributed by atoms with Gasteiger partial charge in [-0.15, -0.1) is 0 Å². The number of benzene rings is 3. The van der Waals surface area contributed by atoms with E-state index < -0.39 is 0 Å². The molecule has 5 rings (SSSR count). The molecule has 0 fully saturated rings. The van der Waals surface area contributed by atoms with E-state index in [2.05, 4.69) is 0 Å². The third-order valence-electron chi connectivity index (χ3n) is 5.32. The fraction of sp³-hybridized carbons (Fsp3) is 0.174. The maximum Gasteiger partial charge on any atom is 0.213 e. The Bertz CT molecular complexity index is 1080. The molecular formula is C23H18Cl2N2O2. The van der Waals surface area contributed by atoms with E-state index >= 15 is 0 Å². The fourth-order valence-electron chi connectivity index (χ4n) is 3.91. The Morgan fingerprint density at radius 1 is 1.03 bits per heavy atom. The minimum absolute atomic E-state index is 0.00254. The molecule has 0 N–H and O–H groups in total. The van der Waals surface area contributed by atoms with Gasteiger partial charge in [0.25, 0.3) is 0 Å². The van der Waals surface area contributed by atoms with Crippen molar-refractivity contribution in [1.29, 1.82) is 0 Å². The lowest BCUT2D eigenvalue weighted by molar-refractivity contribution is -0.0189. The van der Waals surface area contributed by atoms with Crippen LogP contribution in [0.2, 0.25) is 10.0 Å². The maximum absolute atomic E-state index is 6.50. The molecule has 2 atom stereocenters. The molecule has 2 unspecified atom stereocenters. The monoisotopic (exact) mass is 424 g/mol. The lowest BCUT2D eigenvalue weighted by atomic mass is 9.96. The molecule has 2 heterocycles. The van der Waals surface area contributed by atoms with Crippen LogP contribution in [0.25, 0.3) is 0 Å². The van der Waals surface area contributed by atoms with Crippen molar-refractivity contribution in [2.75, 3.05) is 7.11 Å². The second-order valence-electron chi connectivity index (χ2n) is 7.06. The first-order chi connectivity index (χ1) is 14.1. The minimum atomic E-state index is -0.358. The van der Waals surface area contributed by atoms with Crippen molar-refractivity contribution >= 4 is 28.9 Å². The molecule has 6 heteroatoms. The third kappa shape index (κ3) is 3.22. The number of halogens is 2. The number of fused-ring (bicyclic) bond motifs is 3. The molecule has 4 nitrogen and oxygen atoms in total. The van der Waals surface area contributed by atoms with Crippen molar-refractivity contribution in [3.8, 4) is 11.5 Å². The van der Waals surface area contributed by atoms with Crippen molar-refractivity contribution < 1.29 is 9.47 Å². The second-order valence-corrected chi connectivity index (χ2v) is 7.91. The average molecular weight is 425 g/mol. The van der Waals surface area contributed by atoms with Crippen LogP contribution >= 0.6 is 23.2 Å². The van der Waals surface area contributed by atoms with E-state index in [-0.39, 0.29) is 12.3 Å². The maximum atomic E-state index is 6.50. The zero-order valence-corrected chi connectivity index (χ0v) is 17.2. The molecule has 3 aromatic rings. The van der Waals surface area contributed by atoms with Gasteiger partial charge in [0.05, 0.1) is 23.9 Å². The number of nitrogens with zero attached hydrogens (tertiary/aromatic N) is 2. The molecule has 2 aliphatic heterocycles. The topological polar surface area (TPSA) is 34.1 Å². The Morgan fingerprint density at radius 3 is 2.52 bits per heavy atom. The predicted octanol–water partition coefficient (Wildman–Crippen LogP) is 6.24. The summed E-state index contributed by atoms with van der Waals surface area (Å²) in [5, 5.41) is 8.08. The van der Waals surface area contributed by atoms with Gasteiger partial charge in [0.1, 0.15) is 11.5 Å². The van der Waals surface area contributed by atoms with Crippen LogP contribution in [0.1, 0.15) is 35.4 Å². The van der Waals surface area contributed by atoms with E-state index in [1.54, 1.807) is 13.2 Å². The highest BCUT2D eigenvalue weighted by atomic mass is 35.5. The second kappa shape index (κ2) is 7.29. The highest BCUT2D eigenvalue weighted by Crippen LogP contribution is 2.50. The molecule has 2 aliphatic rings. The average Bonchev–Trinajstić information content (AvgIpc) is 3.20. The summed E-state index contributed by atoms with van der Waals surface area (Å²) in [5.74, 6) is 1.50. The summed E-state index contributed by atoms with van der Waals surface area (Å²) in [6.45, 7) is 0. The van der Waals surface area contributed by atoms with Gasteiger partial charge in [0.15, 0.2) is 0 Å². The molecule has 0 radical (unpaired) electrons. The SMILES string of the molecule is COc1ccc(C2=NN3C(C2)c2cc(Cl)cc(Cl)c2OC3c2ccccc2)cc1. The van der Waals surface area contributed by atoms with Gasteiger partial charge in [-0.2, -0.15) is 5.10 Å². The summed E-state index contributed by atoms with van der Waals surface area (Å²) >= 11 is 12.8. The highest BCUT2D eigenvalue weighted by Gasteiger charge is 2.42. The van der Waals surface area contributed by atoms with Gasteiger partial charge in [-0.25, -0.2) is 5.01 Å². The van der Waals surface area contributed by atoms with Gasteiger partial charge < -0.3 is 9.47 Å². The van der Waals surface area contributed by atoms with Crippen LogP contribution in [0.3, 0.4) is 0 Å². The lowest BCUT2D eigenvalue weighted by Crippen LogP contribution is -2.33. The molecule has 29 heavy (non-hydrogen) atoms. The van der Waals surface area contributed by atoms with Crippen LogP contribution < -0.4 is 9.47 Å². The summed E-state index contributed by atoms with van der Waals surface area (Å²) in [6, 6.07) is 21.7. The Labute approximate surface area is 179 Å². The van der Waals surface area contributed by atoms with E-state index in [4.69, 9.17) is 37.8 Å². The molecule has 146 valence electrons. The van der Waals surface area contributed by atoms with Crippen molar-refractivity contribution in [3.05, 3.63) is 93.5 Å². The Hall–Kier alpha value is -2.69. The van der Waals surface area contributed by atoms with Crippen LogP contribution in [0.4, 0.5) is 0 Å². The molecule has 0 aromatic heterocycles. The third-order valence-corrected chi connectivity index (χ3v) is 5.82. The Kier molecular flexibility index (Phi) is 4.61. The summed E-state index contributed by atoms with van der Waals surface area (Å²) in [5.41, 5.74) is 4.03. The number of methoxy groups -OCH3 is 1. The van der Waals surface area contributed by atoms with Gasteiger partial charge in [0.2, 0.25) is 6.23 Å². The number of ether oxygens (including phenoxy) is 2. The molecular weight excluding hydrogens is 407 g/mol. The van der Waals surface area contributed by atoms with Crippen LogP contribution in [-0.4, -0.2) is 17.8 Å². The Morgan fingerprint density at radius 2 is 1.79 bits per heavy atom. The van der Waals surface area contributed by atoms with E-state index in [0.717, 1.165) is 34.6 Å². The van der Waals surface area contributed by atoms with E-state index in [9.17, 15) is 0 Å². The van der Waals surface area contributed by atoms with Crippen molar-refractivity contribution in [2.45, 2.75) is 18.7 Å². The van der Waals surface area contributed by atoms with Crippen LogP contribution in [0, 0.1) is 0 Å². The zero-order chi connectivity index (χ0) is 20.0. The smallest absolute Gasteiger partial charge is 0.213 e. The summed E-state index contributed by atoms with van der Waals surface area (Å²) < 4.78 is 11.6. The molecule has 0 saturated carbocycles. The molecule has 3 aromatic carbocycles. The zero-order valence-electron chi connectivity index (χ0n) is 15.7. The van der Waals surface area contributed by atoms with Gasteiger partial charge in [-0.05, 0) is 42.0 Å². The fourth-order valence-corrected chi connectivity index (χ4v) is 4.46. The predicted molar refractivity (Wildman–Crippen MR) is 115 cm³/mol. The Balaban J connectivity index is 1.60. The van der Waals surface area contributed by atoms with Gasteiger partial charge in [0, 0.05) is 22.6 Å².